The minimum Gasteiger partial charge on any atom is -0.449 e. The third-order valence-electron chi connectivity index (χ3n) is 14.5. The summed E-state index contributed by atoms with van der Waals surface area (Å²) in [4.78, 5) is 34.1. The van der Waals surface area contributed by atoms with E-state index in [9.17, 15) is 0 Å². The van der Waals surface area contributed by atoms with Gasteiger partial charge in [0.25, 0.3) is 11.8 Å². The second kappa shape index (κ2) is 30.8. The summed E-state index contributed by atoms with van der Waals surface area (Å²) in [6.07, 6.45) is 40.4. The van der Waals surface area contributed by atoms with Crippen molar-refractivity contribution in [2.75, 3.05) is 22.9 Å². The number of benzene rings is 1. The first kappa shape index (κ1) is 54.4. The van der Waals surface area contributed by atoms with E-state index < -0.39 is 0 Å². The average molecular weight is 1040 g/mol. The van der Waals surface area contributed by atoms with Crippen LogP contribution in [0, 0.1) is 11.8 Å². The van der Waals surface area contributed by atoms with Crippen LogP contribution in [0.2, 0.25) is 0 Å². The van der Waals surface area contributed by atoms with Crippen molar-refractivity contribution in [3.05, 3.63) is 67.7 Å². The number of halogens is 2. The van der Waals surface area contributed by atoms with Gasteiger partial charge in [-0.15, -0.1) is 0 Å². The molecule has 3 aromatic rings. The van der Waals surface area contributed by atoms with E-state index in [-0.39, 0.29) is 11.8 Å². The maximum absolute atomic E-state index is 15.0. The first-order valence-corrected chi connectivity index (χ1v) is 29.0. The van der Waals surface area contributed by atoms with Crippen LogP contribution in [-0.2, 0) is 9.59 Å². The van der Waals surface area contributed by atoms with E-state index in [4.69, 9.17) is 8.83 Å². The molecule has 0 radical (unpaired) electrons. The Morgan fingerprint density at radius 3 is 0.939 bits per heavy atom. The molecule has 0 saturated heterocycles. The quantitative estimate of drug-likeness (QED) is 0.0536. The van der Waals surface area contributed by atoms with Crippen LogP contribution in [0.5, 0.6) is 0 Å². The van der Waals surface area contributed by atoms with Gasteiger partial charge in [-0.2, -0.15) is 0 Å². The van der Waals surface area contributed by atoms with Crippen molar-refractivity contribution in [3.63, 3.8) is 0 Å². The van der Waals surface area contributed by atoms with E-state index in [0.29, 0.717) is 56.9 Å². The summed E-state index contributed by atoms with van der Waals surface area (Å²) in [7, 11) is 0. The number of rotatable bonds is 38. The van der Waals surface area contributed by atoms with E-state index in [1.165, 1.54) is 180 Å². The second-order valence-corrected chi connectivity index (χ2v) is 21.6. The summed E-state index contributed by atoms with van der Waals surface area (Å²) < 4.78 is 13.6. The highest BCUT2D eigenvalue weighted by molar-refractivity contribution is 9.10. The maximum Gasteiger partial charge on any atom is 0.262 e. The molecule has 66 heavy (non-hydrogen) atoms. The van der Waals surface area contributed by atoms with Crippen molar-refractivity contribution in [3.8, 4) is 0 Å². The fraction of sp³-hybridized carbons (Fsp3) is 0.690. The highest BCUT2D eigenvalue weighted by Gasteiger charge is 2.38. The molecule has 2 aliphatic heterocycles. The summed E-state index contributed by atoms with van der Waals surface area (Å²) in [6.45, 7) is 10.5. The highest BCUT2D eigenvalue weighted by atomic mass is 79.9. The number of furan rings is 2. The first-order valence-electron chi connectivity index (χ1n) is 27.4. The predicted molar refractivity (Wildman–Crippen MR) is 286 cm³/mol. The monoisotopic (exact) mass is 1030 g/mol. The molecule has 2 atom stereocenters. The largest absolute Gasteiger partial charge is 0.449 e. The number of unbranched alkanes of at least 4 members (excludes halogenated alkanes) is 24. The zero-order chi connectivity index (χ0) is 46.9. The van der Waals surface area contributed by atoms with Gasteiger partial charge in [-0.05, 0) is 106 Å². The molecule has 2 amide bonds. The Bertz CT molecular complexity index is 1860. The minimum atomic E-state index is -0.00444. The fourth-order valence-corrected chi connectivity index (χ4v) is 11.2. The van der Waals surface area contributed by atoms with Crippen LogP contribution >= 0.6 is 31.9 Å². The third kappa shape index (κ3) is 16.8. The molecule has 0 aliphatic carbocycles. The van der Waals surface area contributed by atoms with Crippen LogP contribution in [0.1, 0.15) is 245 Å². The molecule has 0 fully saturated rings. The molecule has 5 rings (SSSR count). The van der Waals surface area contributed by atoms with Gasteiger partial charge in [0.05, 0.1) is 22.5 Å². The lowest BCUT2D eigenvalue weighted by atomic mass is 9.93. The molecule has 0 saturated carbocycles. The molecule has 2 aromatic heterocycles. The zero-order valence-corrected chi connectivity index (χ0v) is 45.1. The Balaban J connectivity index is 1.47. The lowest BCUT2D eigenvalue weighted by Gasteiger charge is -2.27. The Hall–Kier alpha value is -2.58. The van der Waals surface area contributed by atoms with E-state index in [1.807, 2.05) is 34.1 Å². The number of amides is 2. The van der Waals surface area contributed by atoms with Crippen LogP contribution in [0.15, 0.2) is 54.6 Å². The smallest absolute Gasteiger partial charge is 0.262 e. The van der Waals surface area contributed by atoms with Crippen molar-refractivity contribution in [1.29, 1.82) is 0 Å². The minimum absolute atomic E-state index is 0.00444. The van der Waals surface area contributed by atoms with Crippen LogP contribution in [-0.4, -0.2) is 24.9 Å². The Labute approximate surface area is 417 Å². The molecule has 1 aromatic carbocycles. The molecule has 0 N–H and O–H groups in total. The summed E-state index contributed by atoms with van der Waals surface area (Å²) in [6, 6.07) is 11.9. The van der Waals surface area contributed by atoms with Gasteiger partial charge in [0.15, 0.2) is 9.34 Å². The van der Waals surface area contributed by atoms with Crippen LogP contribution in [0.25, 0.3) is 11.1 Å². The number of carbonyl (C=O) groups excluding carboxylic acids is 2. The first-order chi connectivity index (χ1) is 32.3. The summed E-state index contributed by atoms with van der Waals surface area (Å²) >= 11 is 7.08. The van der Waals surface area contributed by atoms with Gasteiger partial charge < -0.3 is 18.6 Å². The Morgan fingerprint density at radius 2 is 0.682 bits per heavy atom. The average Bonchev–Trinajstić information content (AvgIpc) is 4.07. The molecule has 4 heterocycles. The van der Waals surface area contributed by atoms with E-state index >= 15 is 9.59 Å². The maximum atomic E-state index is 15.0. The highest BCUT2D eigenvalue weighted by Crippen LogP contribution is 2.35. The molecular formula is C58H88Br2N2O4. The van der Waals surface area contributed by atoms with E-state index in [2.05, 4.69) is 71.7 Å². The summed E-state index contributed by atoms with van der Waals surface area (Å²) in [5.74, 6) is 1.91. The molecule has 2 aliphatic rings. The van der Waals surface area contributed by atoms with Gasteiger partial charge in [-0.25, -0.2) is 0 Å². The topological polar surface area (TPSA) is 66.9 Å². The summed E-state index contributed by atoms with van der Waals surface area (Å²) in [5.41, 5.74) is 2.94. The van der Waals surface area contributed by atoms with Crippen molar-refractivity contribution in [2.45, 2.75) is 233 Å². The van der Waals surface area contributed by atoms with Gasteiger partial charge in [-0.3, -0.25) is 9.59 Å². The van der Waals surface area contributed by atoms with E-state index in [0.717, 1.165) is 47.5 Å². The van der Waals surface area contributed by atoms with Crippen molar-refractivity contribution in [2.24, 2.45) is 11.8 Å². The van der Waals surface area contributed by atoms with Crippen LogP contribution in [0.4, 0.5) is 11.4 Å². The number of fused-ring (bicyclic) bond motifs is 2. The normalized spacial score (nSPS) is 14.6. The lowest BCUT2D eigenvalue weighted by Crippen LogP contribution is -2.35. The number of nitrogens with zero attached hydrogens (tertiary/aromatic N) is 2. The molecule has 8 heteroatoms. The van der Waals surface area contributed by atoms with Crippen molar-refractivity contribution >= 4 is 66.2 Å². The Kier molecular flexibility index (Phi) is 25.4. The van der Waals surface area contributed by atoms with Gasteiger partial charge in [0.2, 0.25) is 0 Å². The lowest BCUT2D eigenvalue weighted by molar-refractivity contribution is -0.114. The van der Waals surface area contributed by atoms with Crippen LogP contribution < -0.4 is 20.2 Å². The molecule has 368 valence electrons. The van der Waals surface area contributed by atoms with Gasteiger partial charge >= 0.3 is 0 Å². The number of hydrogen-bond donors (Lipinski definition) is 0. The van der Waals surface area contributed by atoms with Crippen molar-refractivity contribution < 1.29 is 18.4 Å². The fourth-order valence-electron chi connectivity index (χ4n) is 10.6. The second-order valence-electron chi connectivity index (χ2n) is 20.0. The molecule has 0 spiro atoms. The number of anilines is 2. The Morgan fingerprint density at radius 1 is 0.409 bits per heavy atom. The van der Waals surface area contributed by atoms with Gasteiger partial charge in [-0.1, -0.05) is 207 Å². The molecule has 0 bridgehead atoms. The van der Waals surface area contributed by atoms with Crippen molar-refractivity contribution in [1.82, 2.24) is 0 Å². The summed E-state index contributed by atoms with van der Waals surface area (Å²) in [5, 5.41) is 1.72. The van der Waals surface area contributed by atoms with Gasteiger partial charge in [0, 0.05) is 23.5 Å². The van der Waals surface area contributed by atoms with E-state index in [1.54, 1.807) is 0 Å². The standard InChI is InChI=1S/C58H88Br2N2O4/c1-5-9-13-17-21-23-27-31-35-45(33-29-25-19-15-11-7-3)43-61-49-41-48-50(42-47(49)55(57(61)63)51-37-39-53(59)65-51)62(58(64)56(48)52-38-40-54(60)66-52)44-46(34-30-26-20-16-12-8-4)36-32-28-24-22-18-14-10-6-2/h37-42,45-46H,5-36,43-44H2,1-4H3. The molecular weight excluding hydrogens is 948 g/mol. The third-order valence-corrected chi connectivity index (χ3v) is 15.4. The van der Waals surface area contributed by atoms with Gasteiger partial charge in [0.1, 0.15) is 11.5 Å². The predicted octanol–water partition coefficient (Wildman–Crippen LogP) is 17.3. The van der Waals surface area contributed by atoms with Crippen LogP contribution in [0.3, 0.4) is 0 Å². The number of hydrogen-bond acceptors (Lipinski definition) is 4. The zero-order valence-electron chi connectivity index (χ0n) is 41.9. The molecule has 6 nitrogen and oxygen atoms in total. The SMILES string of the molecule is CCCCCCCCCCC(CCCCCCCC)CN1C(=O)C(c2ccc(Br)o2)=c2cc3c(cc21)=C(c1ccc(Br)o1)C(=O)N3CC(CCCCCCCC)CCCCCCCCCC. The molecule has 2 unspecified atom stereocenters. The number of carbonyl (C=O) groups is 2.